The Balaban J connectivity index is 1.50. The molecule has 1 aromatic heterocycles. The van der Waals surface area contributed by atoms with Crippen LogP contribution in [0.5, 0.6) is 0 Å². The number of fused-ring (bicyclic) bond motifs is 1. The van der Waals surface area contributed by atoms with E-state index in [4.69, 9.17) is 4.74 Å². The van der Waals surface area contributed by atoms with Crippen molar-refractivity contribution in [2.45, 2.75) is 40.7 Å². The molecule has 4 rings (SSSR count). The largest absolute Gasteiger partial charge is 0.454 e. The van der Waals surface area contributed by atoms with Crippen molar-refractivity contribution in [1.29, 1.82) is 0 Å². The number of hydrogen-bond acceptors (Lipinski definition) is 5. The van der Waals surface area contributed by atoms with Gasteiger partial charge in [0.2, 0.25) is 5.78 Å². The molecule has 0 spiro atoms. The quantitative estimate of drug-likeness (QED) is 0.292. The third kappa shape index (κ3) is 3.94. The average molecular weight is 459 g/mol. The Morgan fingerprint density at radius 3 is 2.32 bits per heavy atom. The van der Waals surface area contributed by atoms with Crippen molar-refractivity contribution in [2.24, 2.45) is 0 Å². The van der Waals surface area contributed by atoms with Gasteiger partial charge in [0.1, 0.15) is 0 Å². The smallest absolute Gasteiger partial charge is 0.338 e. The number of aryl methyl sites for hydroxylation is 2. The Hall–Kier alpha value is -4.00. The fourth-order valence-corrected chi connectivity index (χ4v) is 4.34. The molecule has 0 N–H and O–H groups in total. The second-order valence-electron chi connectivity index (χ2n) is 8.43. The molecule has 0 radical (unpaired) electrons. The highest BCUT2D eigenvalue weighted by atomic mass is 16.5. The van der Waals surface area contributed by atoms with E-state index < -0.39 is 24.4 Å². The van der Waals surface area contributed by atoms with Crippen LogP contribution in [0.4, 0.5) is 5.69 Å². The number of carbonyl (C=O) groups is 4. The van der Waals surface area contributed by atoms with Crippen LogP contribution in [0.25, 0.3) is 0 Å². The molecule has 34 heavy (non-hydrogen) atoms. The van der Waals surface area contributed by atoms with Crippen LogP contribution >= 0.6 is 0 Å². The number of esters is 1. The number of imide groups is 1. The van der Waals surface area contributed by atoms with Gasteiger partial charge in [-0.3, -0.25) is 14.4 Å². The Kier molecular flexibility index (Phi) is 6.20. The number of benzene rings is 2. The summed E-state index contributed by atoms with van der Waals surface area (Å²) in [7, 11) is 0. The molecule has 2 amide bonds. The van der Waals surface area contributed by atoms with Crippen LogP contribution < -0.4 is 4.90 Å². The molecule has 2 aromatic carbocycles. The molecule has 0 bridgehead atoms. The van der Waals surface area contributed by atoms with Crippen molar-refractivity contribution in [2.75, 3.05) is 11.5 Å². The lowest BCUT2D eigenvalue weighted by atomic mass is 10.1. The number of amides is 2. The van der Waals surface area contributed by atoms with Crippen molar-refractivity contribution in [3.63, 3.8) is 0 Å². The molecule has 7 heteroatoms. The van der Waals surface area contributed by atoms with Gasteiger partial charge in [0, 0.05) is 23.5 Å². The second-order valence-corrected chi connectivity index (χ2v) is 8.43. The van der Waals surface area contributed by atoms with Gasteiger partial charge < -0.3 is 9.30 Å². The van der Waals surface area contributed by atoms with Crippen molar-refractivity contribution >= 4 is 29.3 Å². The minimum Gasteiger partial charge on any atom is -0.454 e. The molecule has 1 aliphatic heterocycles. The van der Waals surface area contributed by atoms with Crippen molar-refractivity contribution in [1.82, 2.24) is 4.57 Å². The zero-order chi connectivity index (χ0) is 24.6. The van der Waals surface area contributed by atoms with E-state index in [1.165, 1.54) is 18.2 Å². The normalized spacial score (nSPS) is 12.8. The fourth-order valence-electron chi connectivity index (χ4n) is 4.34. The van der Waals surface area contributed by atoms with Gasteiger partial charge in [0.15, 0.2) is 6.61 Å². The van der Waals surface area contributed by atoms with E-state index in [0.29, 0.717) is 11.3 Å². The first-order valence-corrected chi connectivity index (χ1v) is 11.2. The van der Waals surface area contributed by atoms with E-state index in [-0.39, 0.29) is 22.5 Å². The highest BCUT2D eigenvalue weighted by Gasteiger charge is 2.37. The van der Waals surface area contributed by atoms with Crippen LogP contribution in [-0.2, 0) is 11.3 Å². The number of nitrogens with zero attached hydrogens (tertiary/aromatic N) is 2. The summed E-state index contributed by atoms with van der Waals surface area (Å²) in [5.74, 6) is -1.95. The number of carbonyl (C=O) groups excluding carboxylic acids is 4. The minimum atomic E-state index is -0.729. The van der Waals surface area contributed by atoms with Gasteiger partial charge in [-0.1, -0.05) is 25.1 Å². The number of ether oxygens (including phenoxy) is 1. The van der Waals surface area contributed by atoms with Crippen molar-refractivity contribution < 1.29 is 23.9 Å². The maximum absolute atomic E-state index is 13.0. The van der Waals surface area contributed by atoms with E-state index in [1.54, 1.807) is 18.2 Å². The van der Waals surface area contributed by atoms with Gasteiger partial charge in [-0.05, 0) is 63.1 Å². The topological polar surface area (TPSA) is 85.7 Å². The summed E-state index contributed by atoms with van der Waals surface area (Å²) in [5.41, 5.74) is 4.12. The van der Waals surface area contributed by atoms with Crippen LogP contribution in [0.2, 0.25) is 0 Å². The first-order chi connectivity index (χ1) is 16.2. The predicted octanol–water partition coefficient (Wildman–Crippen LogP) is 4.66. The predicted molar refractivity (Wildman–Crippen MR) is 128 cm³/mol. The zero-order valence-electron chi connectivity index (χ0n) is 19.7. The van der Waals surface area contributed by atoms with Crippen LogP contribution in [0.3, 0.4) is 0 Å². The lowest BCUT2D eigenvalue weighted by Gasteiger charge is -2.16. The first kappa shape index (κ1) is 23.2. The molecular weight excluding hydrogens is 432 g/mol. The van der Waals surface area contributed by atoms with Gasteiger partial charge in [-0.25, -0.2) is 9.69 Å². The van der Waals surface area contributed by atoms with E-state index in [2.05, 4.69) is 11.5 Å². The molecule has 2 heterocycles. The van der Waals surface area contributed by atoms with Crippen LogP contribution in [0.15, 0.2) is 48.5 Å². The SMILES string of the molecule is CCCn1c(C)cc(C(=O)COC(=O)c2ccc3c(c2)C(=O)N(c2ccccc2C)C3=O)c1C. The van der Waals surface area contributed by atoms with E-state index >= 15 is 0 Å². The van der Waals surface area contributed by atoms with Crippen LogP contribution in [0.1, 0.15) is 71.7 Å². The highest BCUT2D eigenvalue weighted by Crippen LogP contribution is 2.31. The first-order valence-electron chi connectivity index (χ1n) is 11.2. The number of para-hydroxylation sites is 1. The summed E-state index contributed by atoms with van der Waals surface area (Å²) in [6, 6.07) is 13.2. The van der Waals surface area contributed by atoms with Crippen LogP contribution in [-0.4, -0.2) is 34.7 Å². The maximum atomic E-state index is 13.0. The number of ketones is 1. The summed E-state index contributed by atoms with van der Waals surface area (Å²) in [6.07, 6.45) is 0.944. The number of hydrogen-bond donors (Lipinski definition) is 0. The average Bonchev–Trinajstić information content (AvgIpc) is 3.25. The van der Waals surface area contributed by atoms with E-state index in [0.717, 1.165) is 34.8 Å². The molecule has 3 aromatic rings. The third-order valence-electron chi connectivity index (χ3n) is 6.13. The van der Waals surface area contributed by atoms with Gasteiger partial charge in [-0.15, -0.1) is 0 Å². The Bertz CT molecular complexity index is 1330. The Morgan fingerprint density at radius 2 is 1.62 bits per heavy atom. The Labute approximate surface area is 197 Å². The van der Waals surface area contributed by atoms with Crippen molar-refractivity contribution in [3.05, 3.63) is 87.7 Å². The molecule has 0 aliphatic carbocycles. The Morgan fingerprint density at radius 1 is 0.912 bits per heavy atom. The monoisotopic (exact) mass is 458 g/mol. The fraction of sp³-hybridized carbons (Fsp3) is 0.259. The second kappa shape index (κ2) is 9.09. The third-order valence-corrected chi connectivity index (χ3v) is 6.13. The number of rotatable bonds is 7. The molecule has 0 unspecified atom stereocenters. The summed E-state index contributed by atoms with van der Waals surface area (Å²) < 4.78 is 7.32. The van der Waals surface area contributed by atoms with Crippen molar-refractivity contribution in [3.8, 4) is 0 Å². The zero-order valence-corrected chi connectivity index (χ0v) is 19.7. The van der Waals surface area contributed by atoms with Gasteiger partial charge in [0.25, 0.3) is 11.8 Å². The summed E-state index contributed by atoms with van der Waals surface area (Å²) in [5, 5.41) is 0. The summed E-state index contributed by atoms with van der Waals surface area (Å²) in [6.45, 7) is 8.10. The number of Topliss-reactive ketones (excluding diaryl/α,β-unsaturated/α-hetero) is 1. The van der Waals surface area contributed by atoms with E-state index in [1.807, 2.05) is 32.9 Å². The maximum Gasteiger partial charge on any atom is 0.338 e. The molecule has 0 saturated heterocycles. The standard InChI is InChI=1S/C27H26N2O5/c1-5-12-28-17(3)13-21(18(28)4)24(30)15-34-27(33)19-10-11-20-22(14-19)26(32)29(25(20)31)23-9-7-6-8-16(23)2/h6-11,13-14H,5,12,15H2,1-4H3. The number of aromatic nitrogens is 1. The highest BCUT2D eigenvalue weighted by molar-refractivity contribution is 6.35. The van der Waals surface area contributed by atoms with E-state index in [9.17, 15) is 19.2 Å². The van der Waals surface area contributed by atoms with Gasteiger partial charge >= 0.3 is 5.97 Å². The summed E-state index contributed by atoms with van der Waals surface area (Å²) in [4.78, 5) is 52.3. The van der Waals surface area contributed by atoms with Gasteiger partial charge in [-0.2, -0.15) is 0 Å². The molecular formula is C27H26N2O5. The lowest BCUT2D eigenvalue weighted by molar-refractivity contribution is 0.0474. The lowest BCUT2D eigenvalue weighted by Crippen LogP contribution is -2.29. The molecule has 0 atom stereocenters. The molecule has 0 saturated carbocycles. The molecule has 7 nitrogen and oxygen atoms in total. The molecule has 174 valence electrons. The van der Waals surface area contributed by atoms with Crippen LogP contribution in [0, 0.1) is 20.8 Å². The summed E-state index contributed by atoms with van der Waals surface area (Å²) >= 11 is 0. The van der Waals surface area contributed by atoms with Gasteiger partial charge in [0.05, 0.1) is 22.4 Å². The molecule has 1 aliphatic rings. The minimum absolute atomic E-state index is 0.107. The molecule has 0 fully saturated rings. The number of anilines is 1.